The largest absolute Gasteiger partial charge is 0.465 e. The average molecular weight is 461 g/mol. The van der Waals surface area contributed by atoms with E-state index < -0.39 is 23.4 Å². The van der Waals surface area contributed by atoms with Crippen LogP contribution >= 0.6 is 0 Å². The topological polar surface area (TPSA) is 89.9 Å². The van der Waals surface area contributed by atoms with E-state index in [1.807, 2.05) is 0 Å². The number of ether oxygens (including phenoxy) is 2. The van der Waals surface area contributed by atoms with Gasteiger partial charge in [-0.25, -0.2) is 0 Å². The second-order valence-corrected chi connectivity index (χ2v) is 12.8. The van der Waals surface area contributed by atoms with Gasteiger partial charge in [-0.2, -0.15) is 0 Å². The first-order chi connectivity index (χ1) is 15.4. The Morgan fingerprint density at radius 2 is 1.82 bits per heavy atom. The standard InChI is InChI=1S/C27H40O6/c1-14(28)22-19(30)11-17-16-7-8-20-25(3,4)9-6-10-27(20,13-32-15(2)29)18(16)12-21-26(17,5)23(22)24(31)33-21/h16-23,30H,6-13H2,1-5H3/t16?,17?,18?,19-,20?,21+,22+,23+,26+,27-/m0/s1. The number of ketones is 1. The zero-order valence-electron chi connectivity index (χ0n) is 20.8. The lowest BCUT2D eigenvalue weighted by molar-refractivity contribution is -0.216. The van der Waals surface area contributed by atoms with E-state index in [4.69, 9.17) is 9.47 Å². The summed E-state index contributed by atoms with van der Waals surface area (Å²) in [5.41, 5.74) is -0.372. The fraction of sp³-hybridized carbons (Fsp3) is 0.889. The summed E-state index contributed by atoms with van der Waals surface area (Å²) in [4.78, 5) is 37.5. The first-order valence-corrected chi connectivity index (χ1v) is 13.0. The zero-order valence-corrected chi connectivity index (χ0v) is 20.8. The smallest absolute Gasteiger partial charge is 0.310 e. The highest BCUT2D eigenvalue weighted by Gasteiger charge is 2.72. The van der Waals surface area contributed by atoms with Gasteiger partial charge < -0.3 is 14.6 Å². The lowest BCUT2D eigenvalue weighted by Gasteiger charge is -2.66. The SMILES string of the molecule is CC(=O)OC[C@]12CCCC(C)(C)C1CCC1C2C[C@H]2OC(=O)[C@H]3[C@H](C(C)=O)[C@@H](O)CC1[C@]23C. The Hall–Kier alpha value is -1.43. The Labute approximate surface area is 197 Å². The zero-order chi connectivity index (χ0) is 23.9. The Morgan fingerprint density at radius 1 is 1.09 bits per heavy atom. The molecule has 4 aliphatic carbocycles. The molecule has 184 valence electrons. The quantitative estimate of drug-likeness (QED) is 0.642. The maximum atomic E-state index is 13.1. The summed E-state index contributed by atoms with van der Waals surface area (Å²) in [6.45, 7) is 10.3. The third kappa shape index (κ3) is 3.11. The summed E-state index contributed by atoms with van der Waals surface area (Å²) in [5, 5.41) is 11.1. The van der Waals surface area contributed by atoms with Crippen LogP contribution in [0.25, 0.3) is 0 Å². The summed E-state index contributed by atoms with van der Waals surface area (Å²) in [7, 11) is 0. The van der Waals surface area contributed by atoms with Gasteiger partial charge in [-0.3, -0.25) is 14.4 Å². The Morgan fingerprint density at radius 3 is 2.48 bits per heavy atom. The number of esters is 2. The summed E-state index contributed by atoms with van der Waals surface area (Å²) in [5.74, 6) is -0.675. The number of hydrogen-bond donors (Lipinski definition) is 1. The summed E-state index contributed by atoms with van der Waals surface area (Å²) in [6, 6.07) is 0. The molecule has 0 amide bonds. The van der Waals surface area contributed by atoms with E-state index in [2.05, 4.69) is 20.8 Å². The maximum Gasteiger partial charge on any atom is 0.310 e. The van der Waals surface area contributed by atoms with Gasteiger partial charge in [0.05, 0.1) is 24.5 Å². The molecule has 0 radical (unpaired) electrons. The van der Waals surface area contributed by atoms with Gasteiger partial charge in [-0.1, -0.05) is 27.2 Å². The number of carbonyl (C=O) groups is 3. The van der Waals surface area contributed by atoms with Crippen molar-refractivity contribution in [3.8, 4) is 0 Å². The molecule has 33 heavy (non-hydrogen) atoms. The first-order valence-electron chi connectivity index (χ1n) is 13.0. The van der Waals surface area contributed by atoms with Crippen LogP contribution in [0.5, 0.6) is 0 Å². The summed E-state index contributed by atoms with van der Waals surface area (Å²) < 4.78 is 11.8. The Balaban J connectivity index is 1.58. The maximum absolute atomic E-state index is 13.1. The fourth-order valence-electron chi connectivity index (χ4n) is 9.87. The highest BCUT2D eigenvalue weighted by molar-refractivity contribution is 5.88. The number of aliphatic hydroxyl groups is 1. The van der Waals surface area contributed by atoms with E-state index in [0.29, 0.717) is 24.9 Å². The van der Waals surface area contributed by atoms with Crippen molar-refractivity contribution in [3.63, 3.8) is 0 Å². The van der Waals surface area contributed by atoms with Gasteiger partial charge in [0, 0.05) is 17.8 Å². The van der Waals surface area contributed by atoms with E-state index in [0.717, 1.165) is 32.1 Å². The van der Waals surface area contributed by atoms with Gasteiger partial charge in [0.15, 0.2) is 0 Å². The van der Waals surface area contributed by atoms with Crippen molar-refractivity contribution in [1.29, 1.82) is 0 Å². The molecule has 1 heterocycles. The van der Waals surface area contributed by atoms with Crippen LogP contribution in [-0.4, -0.2) is 41.6 Å². The van der Waals surface area contributed by atoms with Crippen molar-refractivity contribution in [2.24, 2.45) is 51.8 Å². The predicted octanol–water partition coefficient (Wildman–Crippen LogP) is 3.93. The molecule has 4 saturated carbocycles. The lowest BCUT2D eigenvalue weighted by atomic mass is 9.38. The van der Waals surface area contributed by atoms with Crippen LogP contribution in [0.2, 0.25) is 0 Å². The minimum absolute atomic E-state index is 0.115. The molecule has 10 atom stereocenters. The van der Waals surface area contributed by atoms with Crippen molar-refractivity contribution in [2.45, 2.75) is 91.8 Å². The monoisotopic (exact) mass is 460 g/mol. The van der Waals surface area contributed by atoms with Gasteiger partial charge in [0.25, 0.3) is 0 Å². The van der Waals surface area contributed by atoms with Crippen LogP contribution in [0, 0.1) is 51.8 Å². The van der Waals surface area contributed by atoms with Gasteiger partial charge in [0.2, 0.25) is 0 Å². The lowest BCUT2D eigenvalue weighted by Crippen LogP contribution is -2.65. The molecule has 5 fully saturated rings. The Kier molecular flexibility index (Phi) is 5.32. The van der Waals surface area contributed by atoms with Crippen LogP contribution in [0.3, 0.4) is 0 Å². The van der Waals surface area contributed by atoms with Crippen molar-refractivity contribution >= 4 is 17.7 Å². The third-order valence-corrected chi connectivity index (χ3v) is 11.1. The molecule has 1 N–H and O–H groups in total. The number of Topliss-reactive ketones (excluding diaryl/α,β-unsaturated/α-hetero) is 1. The molecule has 0 aromatic rings. The fourth-order valence-corrected chi connectivity index (χ4v) is 9.87. The van der Waals surface area contributed by atoms with Crippen LogP contribution in [0.4, 0.5) is 0 Å². The number of fused-ring (bicyclic) bond motifs is 4. The van der Waals surface area contributed by atoms with Gasteiger partial charge >= 0.3 is 11.9 Å². The van der Waals surface area contributed by atoms with Gasteiger partial charge in [-0.15, -0.1) is 0 Å². The first kappa shape index (κ1) is 23.3. The molecule has 5 aliphatic rings. The molecule has 6 heteroatoms. The molecule has 4 unspecified atom stereocenters. The van der Waals surface area contributed by atoms with Crippen LogP contribution in [-0.2, 0) is 23.9 Å². The van der Waals surface area contributed by atoms with Crippen molar-refractivity contribution in [2.75, 3.05) is 6.61 Å². The predicted molar refractivity (Wildman–Crippen MR) is 121 cm³/mol. The summed E-state index contributed by atoms with van der Waals surface area (Å²) in [6.07, 6.45) is 5.73. The van der Waals surface area contributed by atoms with Gasteiger partial charge in [-0.05, 0) is 74.5 Å². The Bertz CT molecular complexity index is 865. The second kappa shape index (κ2) is 7.53. The average Bonchev–Trinajstić information content (AvgIpc) is 2.97. The molecule has 0 bridgehead atoms. The van der Waals surface area contributed by atoms with Crippen molar-refractivity contribution in [1.82, 2.24) is 0 Å². The van der Waals surface area contributed by atoms with Gasteiger partial charge in [0.1, 0.15) is 11.9 Å². The normalized spacial score (nSPS) is 49.8. The highest BCUT2D eigenvalue weighted by atomic mass is 16.6. The summed E-state index contributed by atoms with van der Waals surface area (Å²) >= 11 is 0. The second-order valence-electron chi connectivity index (χ2n) is 12.8. The van der Waals surface area contributed by atoms with E-state index in [-0.39, 0.29) is 46.5 Å². The van der Waals surface area contributed by atoms with E-state index in [1.165, 1.54) is 20.3 Å². The molecule has 0 aromatic carbocycles. The molecule has 0 aromatic heterocycles. The van der Waals surface area contributed by atoms with Crippen LogP contribution in [0.1, 0.15) is 79.6 Å². The minimum atomic E-state index is -0.805. The number of hydrogen-bond acceptors (Lipinski definition) is 6. The van der Waals surface area contributed by atoms with Crippen molar-refractivity contribution < 1.29 is 29.0 Å². The molecule has 6 nitrogen and oxygen atoms in total. The number of carbonyl (C=O) groups excluding carboxylic acids is 3. The number of rotatable bonds is 3. The molecule has 1 aliphatic heterocycles. The molecule has 5 rings (SSSR count). The highest BCUT2D eigenvalue weighted by Crippen LogP contribution is 2.71. The third-order valence-electron chi connectivity index (χ3n) is 11.1. The molecule has 0 spiro atoms. The molecule has 1 saturated heterocycles. The minimum Gasteiger partial charge on any atom is -0.465 e. The van der Waals surface area contributed by atoms with E-state index in [9.17, 15) is 19.5 Å². The molecular weight excluding hydrogens is 420 g/mol. The van der Waals surface area contributed by atoms with E-state index >= 15 is 0 Å². The van der Waals surface area contributed by atoms with E-state index in [1.54, 1.807) is 0 Å². The van der Waals surface area contributed by atoms with Crippen LogP contribution in [0.15, 0.2) is 0 Å². The molecular formula is C27H40O6. The number of aliphatic hydroxyl groups excluding tert-OH is 1. The van der Waals surface area contributed by atoms with Crippen molar-refractivity contribution in [3.05, 3.63) is 0 Å². The van der Waals surface area contributed by atoms with Crippen LogP contribution < -0.4 is 0 Å².